The molecule has 12 unspecified atom stereocenters. The molecule has 2 rings (SSSR count). The van der Waals surface area contributed by atoms with Crippen molar-refractivity contribution in [1.82, 2.24) is 5.32 Å². The van der Waals surface area contributed by atoms with Crippen molar-refractivity contribution in [2.75, 3.05) is 19.8 Å². The fourth-order valence-corrected chi connectivity index (χ4v) is 12.6. The lowest BCUT2D eigenvalue weighted by atomic mass is 9.97. The van der Waals surface area contributed by atoms with Crippen molar-refractivity contribution in [3.63, 3.8) is 0 Å². The third-order valence-corrected chi connectivity index (χ3v) is 19.0. The first-order valence-electron chi connectivity index (χ1n) is 41.1. The van der Waals surface area contributed by atoms with Crippen molar-refractivity contribution in [2.45, 2.75) is 383 Å². The highest BCUT2D eigenvalue weighted by Crippen LogP contribution is 2.30. The van der Waals surface area contributed by atoms with Gasteiger partial charge in [-0.3, -0.25) is 4.79 Å². The SMILES string of the molecule is CC/C=C\C/C=C\C/C=C\C/C=C\C/C=C\C/C=C\C/C=C\C/C=C\C/C=C\CCCCCCCCCC(=O)NC(COC1OC(CO)C(OC2OC(CO)C(O)C(O)C2O)C(O)C1O)C(O)/C=C/CC/C=C/CC/C=C/CCCCCCCCCCCCCCCCCCCCCCCCC. The summed E-state index contributed by atoms with van der Waals surface area (Å²) in [6, 6.07) is -0.958. The molecule has 14 heteroatoms. The van der Waals surface area contributed by atoms with Crippen LogP contribution in [0.1, 0.15) is 309 Å². The van der Waals surface area contributed by atoms with Crippen LogP contribution in [-0.4, -0.2) is 140 Å². The normalized spacial score (nSPS) is 22.5. The highest BCUT2D eigenvalue weighted by Gasteiger charge is 2.51. The molecule has 2 fully saturated rings. The Morgan fingerprint density at radius 3 is 1.08 bits per heavy atom. The van der Waals surface area contributed by atoms with Crippen molar-refractivity contribution in [3.8, 4) is 0 Å². The molecule has 2 aliphatic heterocycles. The van der Waals surface area contributed by atoms with E-state index in [4.69, 9.17) is 18.9 Å². The number of allylic oxidation sites excluding steroid dienone is 23. The van der Waals surface area contributed by atoms with Crippen molar-refractivity contribution in [1.29, 1.82) is 0 Å². The first-order chi connectivity index (χ1) is 50.1. The molecule has 584 valence electrons. The zero-order chi connectivity index (χ0) is 73.7. The summed E-state index contributed by atoms with van der Waals surface area (Å²) < 4.78 is 22.9. The number of carbonyl (C=O) groups is 1. The Bertz CT molecular complexity index is 2280. The Labute approximate surface area is 621 Å². The van der Waals surface area contributed by atoms with Crippen LogP contribution in [0.15, 0.2) is 146 Å². The van der Waals surface area contributed by atoms with Gasteiger partial charge in [-0.15, -0.1) is 0 Å². The van der Waals surface area contributed by atoms with Gasteiger partial charge in [0.15, 0.2) is 12.6 Å². The van der Waals surface area contributed by atoms with Crippen LogP contribution in [0.4, 0.5) is 0 Å². The molecule has 2 aliphatic rings. The molecule has 9 N–H and O–H groups in total. The standard InChI is InChI=1S/C88H149NO13/c1-3-5-7-9-11-13-15-17-19-21-23-25-27-29-31-33-35-37-38-40-42-44-46-48-50-52-54-56-58-60-62-64-66-68-70-72-80(93)89-76(75-99-87-85(98)83(96)86(79(74-91)101-87)102-88-84(97)82(95)81(94)78(73-90)100-88)77(92)71-69-67-65-63-61-59-57-55-53-51-49-47-45-43-41-39-36-34-32-30-28-26-24-22-20-18-16-14-12-10-8-6-4-2/h5,7,11,13,17,19,23,25,29,31,35,37,40,42,46,48,52-55,61,63,69,71,76-79,81-88,90-92,94-98H,3-4,6,8-10,12,14-16,18,20-22,24,26-28,30,32-34,36,38-39,41,43-45,47,49-51,56-60,62,64-68,70,72-75H2,1-2H3,(H,89,93)/b7-5-,13-11-,19-17-,25-23-,31-29-,37-35-,42-40-,48-46-,54-52-,55-53+,63-61+,71-69+. The predicted octanol–water partition coefficient (Wildman–Crippen LogP) is 19.1. The van der Waals surface area contributed by atoms with E-state index < -0.39 is 86.8 Å². The number of carbonyl (C=O) groups excluding carboxylic acids is 1. The molecular weight excluding hydrogens is 1280 g/mol. The van der Waals surface area contributed by atoms with E-state index in [0.29, 0.717) is 12.8 Å². The molecule has 0 aromatic heterocycles. The zero-order valence-electron chi connectivity index (χ0n) is 64.1. The van der Waals surface area contributed by atoms with Crippen LogP contribution in [0.3, 0.4) is 0 Å². The minimum absolute atomic E-state index is 0.247. The van der Waals surface area contributed by atoms with E-state index in [9.17, 15) is 45.6 Å². The Hall–Kier alpha value is -4.13. The summed E-state index contributed by atoms with van der Waals surface area (Å²) in [5.74, 6) is -0.268. The van der Waals surface area contributed by atoms with Gasteiger partial charge < -0.3 is 65.1 Å². The summed E-state index contributed by atoms with van der Waals surface area (Å²) in [7, 11) is 0. The van der Waals surface area contributed by atoms with Crippen LogP contribution >= 0.6 is 0 Å². The Morgan fingerprint density at radius 2 is 0.686 bits per heavy atom. The molecule has 0 aliphatic carbocycles. The van der Waals surface area contributed by atoms with Crippen molar-refractivity contribution in [3.05, 3.63) is 146 Å². The quantitative estimate of drug-likeness (QED) is 0.0204. The molecule has 12 atom stereocenters. The van der Waals surface area contributed by atoms with Gasteiger partial charge in [-0.2, -0.15) is 0 Å². The minimum Gasteiger partial charge on any atom is -0.394 e. The second-order valence-corrected chi connectivity index (χ2v) is 28.1. The molecule has 14 nitrogen and oxygen atoms in total. The average Bonchev–Trinajstić information content (AvgIpc) is 0.790. The number of unbranched alkanes of at least 4 members (excludes halogenated alkanes) is 32. The lowest BCUT2D eigenvalue weighted by Crippen LogP contribution is -2.65. The lowest BCUT2D eigenvalue weighted by Gasteiger charge is -2.46. The molecule has 0 saturated carbocycles. The first-order valence-corrected chi connectivity index (χ1v) is 41.1. The molecule has 2 saturated heterocycles. The molecule has 102 heavy (non-hydrogen) atoms. The fourth-order valence-electron chi connectivity index (χ4n) is 12.6. The van der Waals surface area contributed by atoms with Gasteiger partial charge in [-0.25, -0.2) is 0 Å². The van der Waals surface area contributed by atoms with E-state index in [1.165, 1.54) is 148 Å². The van der Waals surface area contributed by atoms with E-state index >= 15 is 0 Å². The number of amides is 1. The molecule has 0 bridgehead atoms. The molecule has 1 amide bonds. The number of ether oxygens (including phenoxy) is 4. The third kappa shape index (κ3) is 52.0. The predicted molar refractivity (Wildman–Crippen MR) is 424 cm³/mol. The van der Waals surface area contributed by atoms with Gasteiger partial charge in [-0.1, -0.05) is 333 Å². The van der Waals surface area contributed by atoms with E-state index in [1.54, 1.807) is 6.08 Å². The summed E-state index contributed by atoms with van der Waals surface area (Å²) in [4.78, 5) is 13.4. The maximum Gasteiger partial charge on any atom is 0.220 e. The third-order valence-electron chi connectivity index (χ3n) is 19.0. The summed E-state index contributed by atoms with van der Waals surface area (Å²) >= 11 is 0. The van der Waals surface area contributed by atoms with Gasteiger partial charge in [0.2, 0.25) is 5.91 Å². The number of rotatable bonds is 67. The Kier molecular flexibility index (Phi) is 64.4. The maximum absolute atomic E-state index is 13.4. The van der Waals surface area contributed by atoms with Crippen molar-refractivity contribution in [2.24, 2.45) is 0 Å². The second kappa shape index (κ2) is 69.9. The molecule has 0 radical (unpaired) electrons. The van der Waals surface area contributed by atoms with Crippen LogP contribution < -0.4 is 5.32 Å². The van der Waals surface area contributed by atoms with Crippen LogP contribution in [-0.2, 0) is 23.7 Å². The molecule has 0 spiro atoms. The number of aliphatic hydroxyl groups is 8. The van der Waals surface area contributed by atoms with Gasteiger partial charge in [0.25, 0.3) is 0 Å². The Balaban J connectivity index is 1.66. The Morgan fingerprint density at radius 1 is 0.363 bits per heavy atom. The highest BCUT2D eigenvalue weighted by molar-refractivity contribution is 5.76. The minimum atomic E-state index is -1.80. The number of hydrogen-bond donors (Lipinski definition) is 9. The van der Waals surface area contributed by atoms with E-state index in [0.717, 1.165) is 128 Å². The molecule has 0 aromatic carbocycles. The summed E-state index contributed by atoms with van der Waals surface area (Å²) in [6.45, 7) is 2.68. The van der Waals surface area contributed by atoms with Crippen LogP contribution in [0.2, 0.25) is 0 Å². The van der Waals surface area contributed by atoms with E-state index in [2.05, 4.69) is 153 Å². The topological polar surface area (TPSA) is 228 Å². The zero-order valence-corrected chi connectivity index (χ0v) is 64.1. The summed E-state index contributed by atoms with van der Waals surface area (Å²) in [6.07, 6.45) is 89.3. The van der Waals surface area contributed by atoms with Gasteiger partial charge in [0.05, 0.1) is 32.0 Å². The molecular formula is C88H149NO13. The van der Waals surface area contributed by atoms with Crippen LogP contribution in [0.25, 0.3) is 0 Å². The monoisotopic (exact) mass is 1430 g/mol. The summed E-state index contributed by atoms with van der Waals surface area (Å²) in [5.41, 5.74) is 0. The number of nitrogens with one attached hydrogen (secondary N) is 1. The van der Waals surface area contributed by atoms with E-state index in [1.807, 2.05) is 6.08 Å². The molecule has 2 heterocycles. The fraction of sp³-hybridized carbons (Fsp3) is 0.716. The van der Waals surface area contributed by atoms with Crippen molar-refractivity contribution < 1.29 is 64.6 Å². The van der Waals surface area contributed by atoms with E-state index in [-0.39, 0.29) is 18.9 Å². The van der Waals surface area contributed by atoms with Crippen LogP contribution in [0.5, 0.6) is 0 Å². The van der Waals surface area contributed by atoms with Gasteiger partial charge in [0.1, 0.15) is 48.8 Å². The van der Waals surface area contributed by atoms with Gasteiger partial charge in [-0.05, 0) is 116 Å². The number of aliphatic hydroxyl groups excluding tert-OH is 8. The summed E-state index contributed by atoms with van der Waals surface area (Å²) in [5, 5.41) is 87.7. The lowest BCUT2D eigenvalue weighted by molar-refractivity contribution is -0.359. The van der Waals surface area contributed by atoms with Gasteiger partial charge in [0, 0.05) is 6.42 Å². The number of hydrogen-bond acceptors (Lipinski definition) is 13. The second-order valence-electron chi connectivity index (χ2n) is 28.1. The first kappa shape index (κ1) is 94.0. The average molecular weight is 1430 g/mol. The largest absolute Gasteiger partial charge is 0.394 e. The maximum atomic E-state index is 13.4. The smallest absolute Gasteiger partial charge is 0.220 e. The van der Waals surface area contributed by atoms with Crippen LogP contribution in [0, 0.1) is 0 Å². The van der Waals surface area contributed by atoms with Crippen molar-refractivity contribution >= 4 is 5.91 Å². The highest BCUT2D eigenvalue weighted by atomic mass is 16.7. The molecule has 0 aromatic rings. The van der Waals surface area contributed by atoms with Gasteiger partial charge >= 0.3 is 0 Å².